The maximum Gasteiger partial charge on any atom is 0.311 e. The number of benzene rings is 1. The number of allylic oxidation sites excluding steroid dienone is 3. The topological polar surface area (TPSA) is 148 Å². The van der Waals surface area contributed by atoms with Crippen LogP contribution in [0.4, 0.5) is 0 Å². The summed E-state index contributed by atoms with van der Waals surface area (Å²) in [6, 6.07) is 3.85. The minimum absolute atomic E-state index is 0.0522. The number of nitrogens with one attached hydrogen (secondary N) is 1. The molecule has 4 rings (SSSR count). The number of hydrogen-bond acceptors (Lipinski definition) is 10. The van der Waals surface area contributed by atoms with Gasteiger partial charge in [0.05, 0.1) is 39.1 Å². The lowest BCUT2D eigenvalue weighted by molar-refractivity contribution is -0.225. The first-order chi connectivity index (χ1) is 20.1. The molecule has 1 amide bonds. The van der Waals surface area contributed by atoms with Gasteiger partial charge >= 0.3 is 5.79 Å². The van der Waals surface area contributed by atoms with E-state index in [-0.39, 0.29) is 30.2 Å². The van der Waals surface area contributed by atoms with E-state index in [1.165, 1.54) is 19.6 Å². The molecule has 0 aromatic heterocycles. The Hall–Kier alpha value is -2.20. The van der Waals surface area contributed by atoms with Crippen molar-refractivity contribution < 1.29 is 38.9 Å². The molecule has 1 aromatic rings. The Morgan fingerprint density at radius 2 is 2.00 bits per heavy atom. The molecule has 0 fully saturated rings. The van der Waals surface area contributed by atoms with Crippen molar-refractivity contribution in [2.75, 3.05) is 26.8 Å². The Labute approximate surface area is 275 Å². The molecule has 1 aliphatic carbocycles. The van der Waals surface area contributed by atoms with E-state index in [4.69, 9.17) is 19.0 Å². The van der Waals surface area contributed by atoms with E-state index in [0.717, 1.165) is 14.5 Å². The highest BCUT2D eigenvalue weighted by Gasteiger charge is 2.54. The molecule has 226 valence electrons. The summed E-state index contributed by atoms with van der Waals surface area (Å²) in [6.07, 6.45) is 3.19. The first kappa shape index (κ1) is 32.7. The first-order valence-corrected chi connectivity index (χ1v) is 16.0. The highest BCUT2D eigenvalue weighted by Crippen LogP contribution is 2.41. The molecule has 1 aromatic carbocycles. The van der Waals surface area contributed by atoms with Gasteiger partial charge in [-0.1, -0.05) is 21.1 Å². The lowest BCUT2D eigenvalue weighted by atomic mass is 10.0. The van der Waals surface area contributed by atoms with Gasteiger partial charge in [0.15, 0.2) is 17.6 Å². The normalized spacial score (nSPS) is 22.2. The van der Waals surface area contributed by atoms with Crippen LogP contribution in [0.1, 0.15) is 31.2 Å². The fourth-order valence-corrected chi connectivity index (χ4v) is 7.33. The minimum atomic E-state index is -1.61. The number of ketones is 1. The van der Waals surface area contributed by atoms with Crippen LogP contribution >= 0.6 is 63.7 Å². The van der Waals surface area contributed by atoms with Crippen molar-refractivity contribution in [2.24, 2.45) is 10.1 Å². The number of aliphatic imine (C=N–C) groups is 1. The molecule has 2 atom stereocenters. The lowest BCUT2D eigenvalue weighted by Crippen LogP contribution is -2.49. The van der Waals surface area contributed by atoms with E-state index < -0.39 is 17.8 Å². The molecule has 1 spiro atoms. The van der Waals surface area contributed by atoms with Gasteiger partial charge in [0.25, 0.3) is 5.91 Å². The van der Waals surface area contributed by atoms with Crippen LogP contribution < -0.4 is 10.1 Å². The van der Waals surface area contributed by atoms with Gasteiger partial charge < -0.3 is 34.6 Å². The molecule has 15 heteroatoms. The monoisotopic (exact) mass is 837 g/mol. The number of nitrogens with zero attached hydrogens (tertiary/aromatic N) is 2. The molecule has 11 nitrogen and oxygen atoms in total. The largest absolute Gasteiger partial charge is 0.511 e. The van der Waals surface area contributed by atoms with Crippen LogP contribution in [-0.2, 0) is 30.3 Å². The summed E-state index contributed by atoms with van der Waals surface area (Å²) in [5.41, 5.74) is 1.10. The lowest BCUT2D eigenvalue weighted by Gasteiger charge is -2.27. The third-order valence-corrected chi connectivity index (χ3v) is 8.86. The fraction of sp³-hybridized carbons (Fsp3) is 0.407. The third-order valence-electron chi connectivity index (χ3n) is 6.50. The molecule has 3 aliphatic rings. The number of ether oxygens (including phenoxy) is 3. The fourth-order valence-electron chi connectivity index (χ4n) is 4.29. The van der Waals surface area contributed by atoms with E-state index in [1.54, 1.807) is 0 Å². The first-order valence-electron chi connectivity index (χ1n) is 12.8. The van der Waals surface area contributed by atoms with E-state index >= 15 is 0 Å². The van der Waals surface area contributed by atoms with Crippen molar-refractivity contribution in [3.8, 4) is 5.75 Å². The summed E-state index contributed by atoms with van der Waals surface area (Å²) in [7, 11) is 1.49. The van der Waals surface area contributed by atoms with Gasteiger partial charge in [0.1, 0.15) is 23.5 Å². The number of carbonyl (C=O) groups excluding carboxylic acids is 2. The predicted molar refractivity (Wildman–Crippen MR) is 169 cm³/mol. The second-order valence-electron chi connectivity index (χ2n) is 9.40. The molecule has 0 radical (unpaired) electrons. The van der Waals surface area contributed by atoms with Gasteiger partial charge in [-0.25, -0.2) is 0 Å². The molecular weight excluding hydrogens is 814 g/mol. The number of amides is 1. The number of hydrogen-bond donors (Lipinski definition) is 3. The second-order valence-corrected chi connectivity index (χ2v) is 12.9. The quantitative estimate of drug-likeness (QED) is 0.203. The number of carbonyl (C=O) groups is 2. The van der Waals surface area contributed by atoms with E-state index in [0.29, 0.717) is 64.9 Å². The van der Waals surface area contributed by atoms with E-state index in [9.17, 15) is 19.8 Å². The highest BCUT2D eigenvalue weighted by molar-refractivity contribution is 9.12. The standard InChI is InChI=1S/C27H27Br4N3O8/c1-39-23-18(30)11-27(41-13-19(23)31)25(37)22(34-42-27)26(38)33-6-2-8-40-24-16(28)9-14(10-17(24)29)5-7-32-12-15-20(35)3-4-21(15)36/h9-10,12-13,25,35,37H,2-8,11H2,1H3,(H,33,38)/t25-,27-/m0/s1. The number of oxime groups is 1. The number of aliphatic hydroxyl groups is 2. The van der Waals surface area contributed by atoms with Crippen molar-refractivity contribution in [1.82, 2.24) is 5.32 Å². The van der Waals surface area contributed by atoms with Gasteiger partial charge in [-0.3, -0.25) is 14.6 Å². The van der Waals surface area contributed by atoms with Gasteiger partial charge in [-0.15, -0.1) is 0 Å². The maximum atomic E-state index is 12.7. The second kappa shape index (κ2) is 14.5. The van der Waals surface area contributed by atoms with E-state index in [1.807, 2.05) is 12.1 Å². The summed E-state index contributed by atoms with van der Waals surface area (Å²) >= 11 is 13.8. The van der Waals surface area contributed by atoms with Crippen LogP contribution in [0.2, 0.25) is 0 Å². The Balaban J connectivity index is 1.22. The molecular formula is C27H27Br4N3O8. The predicted octanol–water partition coefficient (Wildman–Crippen LogP) is 5.24. The molecule has 0 saturated heterocycles. The van der Waals surface area contributed by atoms with Crippen LogP contribution in [0.3, 0.4) is 0 Å². The minimum Gasteiger partial charge on any atom is -0.511 e. The zero-order valence-corrected chi connectivity index (χ0v) is 28.6. The smallest absolute Gasteiger partial charge is 0.311 e. The summed E-state index contributed by atoms with van der Waals surface area (Å²) in [5, 5.41) is 27.1. The van der Waals surface area contributed by atoms with Gasteiger partial charge in [0, 0.05) is 36.6 Å². The summed E-state index contributed by atoms with van der Waals surface area (Å²) in [4.78, 5) is 34.1. The van der Waals surface area contributed by atoms with Crippen molar-refractivity contribution in [2.45, 2.75) is 44.0 Å². The zero-order chi connectivity index (χ0) is 30.4. The maximum absolute atomic E-state index is 12.7. The highest BCUT2D eigenvalue weighted by atomic mass is 79.9. The van der Waals surface area contributed by atoms with Crippen LogP contribution in [0.25, 0.3) is 0 Å². The van der Waals surface area contributed by atoms with Crippen LogP contribution in [0, 0.1) is 0 Å². The molecule has 3 N–H and O–H groups in total. The van der Waals surface area contributed by atoms with Gasteiger partial charge in [0.2, 0.25) is 0 Å². The molecule has 2 aliphatic heterocycles. The Kier molecular flexibility index (Phi) is 11.3. The summed E-state index contributed by atoms with van der Waals surface area (Å²) in [6.45, 7) is 1.03. The number of Topliss-reactive ketones (excluding diaryl/α,β-unsaturated/α-hetero) is 1. The summed E-state index contributed by atoms with van der Waals surface area (Å²) < 4.78 is 19.4. The Bertz CT molecular complexity index is 1380. The van der Waals surface area contributed by atoms with Gasteiger partial charge in [-0.2, -0.15) is 0 Å². The SMILES string of the molecule is COC1=C(Br)C[C@]2(OC=C1Br)ON=C(C(=O)NCCCOc1c(Br)cc(CCN=CC3=C(O)CCC3=O)cc1Br)[C@@H]2O. The van der Waals surface area contributed by atoms with Crippen molar-refractivity contribution in [1.29, 1.82) is 0 Å². The zero-order valence-electron chi connectivity index (χ0n) is 22.3. The molecule has 2 heterocycles. The average Bonchev–Trinajstić information content (AvgIpc) is 3.39. The van der Waals surface area contributed by atoms with E-state index in [2.05, 4.69) is 79.2 Å². The number of aliphatic hydroxyl groups excluding tert-OH is 2. The van der Waals surface area contributed by atoms with Crippen LogP contribution in [-0.4, -0.2) is 72.5 Å². The average molecular weight is 841 g/mol. The molecule has 0 unspecified atom stereocenters. The van der Waals surface area contributed by atoms with Crippen LogP contribution in [0.5, 0.6) is 5.75 Å². The van der Waals surface area contributed by atoms with Crippen molar-refractivity contribution in [3.05, 3.63) is 59.0 Å². The molecule has 0 bridgehead atoms. The van der Waals surface area contributed by atoms with Gasteiger partial charge in [-0.05, 0) is 78.3 Å². The Morgan fingerprint density at radius 1 is 1.26 bits per heavy atom. The third kappa shape index (κ3) is 7.47. The summed E-state index contributed by atoms with van der Waals surface area (Å²) in [5.74, 6) is -1.09. The van der Waals surface area contributed by atoms with Crippen LogP contribution in [0.15, 0.2) is 63.5 Å². The Morgan fingerprint density at radius 3 is 2.67 bits per heavy atom. The molecule has 42 heavy (non-hydrogen) atoms. The number of rotatable bonds is 11. The molecule has 0 saturated carbocycles. The van der Waals surface area contributed by atoms with Crippen molar-refractivity contribution in [3.63, 3.8) is 0 Å². The number of halogens is 4. The van der Waals surface area contributed by atoms with Crippen molar-refractivity contribution >= 4 is 87.3 Å². The number of methoxy groups -OCH3 is 1.